The topological polar surface area (TPSA) is 72.4 Å². The molecule has 1 aliphatic rings. The molecule has 1 fully saturated rings. The molecule has 5 heteroatoms. The lowest BCUT2D eigenvalue weighted by Crippen LogP contribution is -2.38. The fraction of sp³-hybridized carbons (Fsp3) is 0.692. The predicted molar refractivity (Wildman–Crippen MR) is 67.8 cm³/mol. The zero-order valence-electron chi connectivity index (χ0n) is 11.1. The smallest absolute Gasteiger partial charge is 0.220 e. The van der Waals surface area contributed by atoms with Gasteiger partial charge in [-0.1, -0.05) is 13.8 Å². The first-order chi connectivity index (χ1) is 8.58. The highest BCUT2D eigenvalue weighted by atomic mass is 16.3. The van der Waals surface area contributed by atoms with Crippen molar-refractivity contribution in [2.24, 2.45) is 11.7 Å². The maximum atomic E-state index is 11.1. The number of piperidine rings is 1. The van der Waals surface area contributed by atoms with Crippen molar-refractivity contribution < 1.29 is 9.21 Å². The third-order valence-corrected chi connectivity index (χ3v) is 3.56. The first kappa shape index (κ1) is 13.1. The van der Waals surface area contributed by atoms with Gasteiger partial charge in [-0.3, -0.25) is 9.69 Å². The van der Waals surface area contributed by atoms with E-state index in [1.165, 1.54) is 6.39 Å². The van der Waals surface area contributed by atoms with E-state index in [0.29, 0.717) is 5.92 Å². The number of nitrogens with two attached hydrogens (primary N) is 1. The molecule has 1 amide bonds. The summed E-state index contributed by atoms with van der Waals surface area (Å²) in [5.74, 6) is 1.19. The molecule has 5 nitrogen and oxygen atoms in total. The van der Waals surface area contributed by atoms with E-state index in [-0.39, 0.29) is 11.8 Å². The van der Waals surface area contributed by atoms with Crippen LogP contribution >= 0.6 is 0 Å². The number of oxazole rings is 1. The summed E-state index contributed by atoms with van der Waals surface area (Å²) in [6.45, 7) is 6.80. The molecule has 1 aliphatic heterocycles. The van der Waals surface area contributed by atoms with Crippen LogP contribution in [-0.4, -0.2) is 28.9 Å². The Kier molecular flexibility index (Phi) is 4.01. The first-order valence-electron chi connectivity index (χ1n) is 6.52. The third-order valence-electron chi connectivity index (χ3n) is 3.56. The molecule has 0 saturated carbocycles. The van der Waals surface area contributed by atoms with Gasteiger partial charge in [0, 0.05) is 18.4 Å². The normalized spacial score (nSPS) is 18.4. The maximum Gasteiger partial charge on any atom is 0.220 e. The molecule has 100 valence electrons. The zero-order valence-corrected chi connectivity index (χ0v) is 11.1. The Morgan fingerprint density at radius 3 is 2.78 bits per heavy atom. The van der Waals surface area contributed by atoms with Gasteiger partial charge in [0.1, 0.15) is 5.76 Å². The standard InChI is InChI=1S/C13H21N3O2/c1-9(2)12-11(15-8-18-12)7-16-5-3-10(4-6-16)13(14)17/h8-10H,3-7H2,1-2H3,(H2,14,17). The molecule has 2 heterocycles. The van der Waals surface area contributed by atoms with E-state index in [0.717, 1.165) is 43.9 Å². The summed E-state index contributed by atoms with van der Waals surface area (Å²) in [7, 11) is 0. The van der Waals surface area contributed by atoms with E-state index in [1.807, 2.05) is 0 Å². The molecule has 2 N–H and O–H groups in total. The SMILES string of the molecule is CC(C)c1ocnc1CN1CCC(C(N)=O)CC1. The first-order valence-corrected chi connectivity index (χ1v) is 6.52. The van der Waals surface area contributed by atoms with Crippen molar-refractivity contribution in [3.05, 3.63) is 17.8 Å². The Balaban J connectivity index is 1.91. The fourth-order valence-electron chi connectivity index (χ4n) is 2.45. The average Bonchev–Trinajstić information content (AvgIpc) is 2.78. The molecule has 0 bridgehead atoms. The Morgan fingerprint density at radius 2 is 2.22 bits per heavy atom. The van der Waals surface area contributed by atoms with Crippen molar-refractivity contribution in [2.45, 2.75) is 39.2 Å². The number of hydrogen-bond donors (Lipinski definition) is 1. The summed E-state index contributed by atoms with van der Waals surface area (Å²) in [6, 6.07) is 0. The number of aromatic nitrogens is 1. The van der Waals surface area contributed by atoms with Crippen LogP contribution in [0, 0.1) is 5.92 Å². The van der Waals surface area contributed by atoms with Gasteiger partial charge in [-0.05, 0) is 25.9 Å². The Morgan fingerprint density at radius 1 is 1.56 bits per heavy atom. The van der Waals surface area contributed by atoms with Gasteiger partial charge in [0.15, 0.2) is 6.39 Å². The molecule has 0 atom stereocenters. The molecule has 0 aromatic carbocycles. The van der Waals surface area contributed by atoms with Crippen LogP contribution < -0.4 is 5.73 Å². The highest BCUT2D eigenvalue weighted by Gasteiger charge is 2.24. The number of likely N-dealkylation sites (tertiary alicyclic amines) is 1. The molecule has 0 spiro atoms. The van der Waals surface area contributed by atoms with Crippen molar-refractivity contribution in [2.75, 3.05) is 13.1 Å². The second kappa shape index (κ2) is 5.52. The molecule has 1 saturated heterocycles. The van der Waals surface area contributed by atoms with Crippen LogP contribution in [-0.2, 0) is 11.3 Å². The van der Waals surface area contributed by atoms with Gasteiger partial charge in [0.2, 0.25) is 5.91 Å². The monoisotopic (exact) mass is 251 g/mol. The lowest BCUT2D eigenvalue weighted by molar-refractivity contribution is -0.123. The minimum Gasteiger partial charge on any atom is -0.448 e. The number of carbonyl (C=O) groups excluding carboxylic acids is 1. The molecule has 1 aromatic rings. The maximum absolute atomic E-state index is 11.1. The largest absolute Gasteiger partial charge is 0.448 e. The lowest BCUT2D eigenvalue weighted by Gasteiger charge is -2.30. The number of amides is 1. The van der Waals surface area contributed by atoms with E-state index >= 15 is 0 Å². The van der Waals surface area contributed by atoms with E-state index in [2.05, 4.69) is 23.7 Å². The van der Waals surface area contributed by atoms with Crippen molar-refractivity contribution >= 4 is 5.91 Å². The van der Waals surface area contributed by atoms with Gasteiger partial charge < -0.3 is 10.2 Å². The molecular formula is C13H21N3O2. The van der Waals surface area contributed by atoms with Gasteiger partial charge in [-0.25, -0.2) is 4.98 Å². The van der Waals surface area contributed by atoms with Gasteiger partial charge in [-0.2, -0.15) is 0 Å². The molecule has 0 radical (unpaired) electrons. The molecule has 2 rings (SSSR count). The predicted octanol–water partition coefficient (Wildman–Crippen LogP) is 1.50. The Bertz CT molecular complexity index is 406. The van der Waals surface area contributed by atoms with Crippen LogP contribution in [0.15, 0.2) is 10.8 Å². The van der Waals surface area contributed by atoms with Gasteiger partial charge >= 0.3 is 0 Å². The second-order valence-corrected chi connectivity index (χ2v) is 5.27. The summed E-state index contributed by atoms with van der Waals surface area (Å²) in [5.41, 5.74) is 6.34. The summed E-state index contributed by atoms with van der Waals surface area (Å²) in [6.07, 6.45) is 3.22. The average molecular weight is 251 g/mol. The third kappa shape index (κ3) is 2.90. The van der Waals surface area contributed by atoms with Crippen LogP contribution in [0.1, 0.15) is 44.1 Å². The molecule has 18 heavy (non-hydrogen) atoms. The van der Waals surface area contributed by atoms with Crippen LogP contribution in [0.2, 0.25) is 0 Å². The number of rotatable bonds is 4. The van der Waals surface area contributed by atoms with Crippen LogP contribution in [0.4, 0.5) is 0 Å². The highest BCUT2D eigenvalue weighted by molar-refractivity contribution is 5.76. The molecule has 0 unspecified atom stereocenters. The number of carbonyl (C=O) groups is 1. The number of nitrogens with zero attached hydrogens (tertiary/aromatic N) is 2. The summed E-state index contributed by atoms with van der Waals surface area (Å²) in [4.78, 5) is 17.7. The van der Waals surface area contributed by atoms with Crippen LogP contribution in [0.3, 0.4) is 0 Å². The van der Waals surface area contributed by atoms with Gasteiger partial charge in [0.25, 0.3) is 0 Å². The van der Waals surface area contributed by atoms with E-state index in [4.69, 9.17) is 10.2 Å². The van der Waals surface area contributed by atoms with Crippen molar-refractivity contribution in [3.8, 4) is 0 Å². The molecular weight excluding hydrogens is 230 g/mol. The zero-order chi connectivity index (χ0) is 13.1. The van der Waals surface area contributed by atoms with E-state index in [1.54, 1.807) is 0 Å². The lowest BCUT2D eigenvalue weighted by atomic mass is 9.96. The van der Waals surface area contributed by atoms with Crippen LogP contribution in [0.25, 0.3) is 0 Å². The highest BCUT2D eigenvalue weighted by Crippen LogP contribution is 2.22. The Hall–Kier alpha value is -1.36. The minimum atomic E-state index is -0.168. The fourth-order valence-corrected chi connectivity index (χ4v) is 2.45. The summed E-state index contributed by atoms with van der Waals surface area (Å²) >= 11 is 0. The Labute approximate surface area is 107 Å². The van der Waals surface area contributed by atoms with Crippen LogP contribution in [0.5, 0.6) is 0 Å². The summed E-state index contributed by atoms with van der Waals surface area (Å²) < 4.78 is 5.42. The van der Waals surface area contributed by atoms with E-state index in [9.17, 15) is 4.79 Å². The van der Waals surface area contributed by atoms with Gasteiger partial charge in [-0.15, -0.1) is 0 Å². The quantitative estimate of drug-likeness (QED) is 0.880. The van der Waals surface area contributed by atoms with Crippen molar-refractivity contribution in [1.82, 2.24) is 9.88 Å². The van der Waals surface area contributed by atoms with Crippen molar-refractivity contribution in [3.63, 3.8) is 0 Å². The number of primary amides is 1. The molecule has 1 aromatic heterocycles. The number of hydrogen-bond acceptors (Lipinski definition) is 4. The van der Waals surface area contributed by atoms with Crippen molar-refractivity contribution in [1.29, 1.82) is 0 Å². The summed E-state index contributed by atoms with van der Waals surface area (Å²) in [5, 5.41) is 0. The minimum absolute atomic E-state index is 0.0446. The second-order valence-electron chi connectivity index (χ2n) is 5.27. The van der Waals surface area contributed by atoms with E-state index < -0.39 is 0 Å². The molecule has 0 aliphatic carbocycles. The van der Waals surface area contributed by atoms with Gasteiger partial charge in [0.05, 0.1) is 5.69 Å².